The van der Waals surface area contributed by atoms with Crippen molar-refractivity contribution < 1.29 is 0 Å². The molecule has 0 aromatic heterocycles. The monoisotopic (exact) mass is 898 g/mol. The van der Waals surface area contributed by atoms with Crippen molar-refractivity contribution in [3.63, 3.8) is 0 Å². The van der Waals surface area contributed by atoms with Crippen LogP contribution in [-0.2, 0) is 5.41 Å². The Balaban J connectivity index is 1.19. The maximum absolute atomic E-state index is 2.58. The summed E-state index contributed by atoms with van der Waals surface area (Å²) in [5, 5.41) is 0. The van der Waals surface area contributed by atoms with Gasteiger partial charge >= 0.3 is 0 Å². The summed E-state index contributed by atoms with van der Waals surface area (Å²) in [5.41, 5.74) is 19.3. The van der Waals surface area contributed by atoms with Gasteiger partial charge in [-0.05, 0) is 136 Å². The van der Waals surface area contributed by atoms with E-state index in [2.05, 4.69) is 309 Å². The lowest BCUT2D eigenvalue weighted by Crippen LogP contribution is -2.39. The molecule has 0 radical (unpaired) electrons. The number of hydrogen-bond donors (Lipinski definition) is 0. The summed E-state index contributed by atoms with van der Waals surface area (Å²) in [6.07, 6.45) is 2.58. The van der Waals surface area contributed by atoms with Crippen molar-refractivity contribution in [1.29, 1.82) is 0 Å². The first-order valence-electron chi connectivity index (χ1n) is 24.3. The highest BCUT2D eigenvalue weighted by atomic mass is 15.1. The normalized spacial score (nSPS) is 15.5. The molecule has 0 fully saturated rings. The summed E-state index contributed by atoms with van der Waals surface area (Å²) < 4.78 is 0. The Morgan fingerprint density at radius 3 is 1.17 bits per heavy atom. The van der Waals surface area contributed by atoms with Crippen molar-refractivity contribution in [2.24, 2.45) is 0 Å². The molecule has 2 heteroatoms. The van der Waals surface area contributed by atoms with Gasteiger partial charge in [-0.15, -0.1) is 0 Å². The molecule has 11 rings (SSSR count). The number of para-hydroxylation sites is 4. The Labute approximate surface area is 413 Å². The van der Waals surface area contributed by atoms with Crippen LogP contribution in [0.4, 0.5) is 34.1 Å². The molecule has 0 aliphatic heterocycles. The average molecular weight is 899 g/mol. The fraction of sp³-hybridized carbons (Fsp3) is 0.0588. The first-order chi connectivity index (χ1) is 34.6. The summed E-state index contributed by atoms with van der Waals surface area (Å²) in [7, 11) is 0. The highest BCUT2D eigenvalue weighted by molar-refractivity contribution is 6.19. The second-order valence-electron chi connectivity index (χ2n) is 18.1. The van der Waals surface area contributed by atoms with Gasteiger partial charge in [-0.1, -0.05) is 224 Å². The van der Waals surface area contributed by atoms with E-state index in [4.69, 9.17) is 0 Å². The zero-order valence-electron chi connectivity index (χ0n) is 39.6. The van der Waals surface area contributed by atoms with Crippen LogP contribution in [0.3, 0.4) is 0 Å². The van der Waals surface area contributed by atoms with Gasteiger partial charge in [0, 0.05) is 40.0 Å². The molecule has 0 saturated heterocycles. The van der Waals surface area contributed by atoms with Gasteiger partial charge in [0.1, 0.15) is 0 Å². The van der Waals surface area contributed by atoms with Crippen LogP contribution in [0.15, 0.2) is 285 Å². The van der Waals surface area contributed by atoms with E-state index in [0.717, 1.165) is 39.7 Å². The van der Waals surface area contributed by atoms with E-state index in [1.54, 1.807) is 0 Å². The predicted octanol–water partition coefficient (Wildman–Crippen LogP) is 18.0. The largest absolute Gasteiger partial charge is 0.310 e. The number of benzene rings is 10. The summed E-state index contributed by atoms with van der Waals surface area (Å²) >= 11 is 0. The van der Waals surface area contributed by atoms with Crippen molar-refractivity contribution in [2.45, 2.75) is 25.2 Å². The van der Waals surface area contributed by atoms with Gasteiger partial charge in [-0.3, -0.25) is 0 Å². The van der Waals surface area contributed by atoms with Crippen LogP contribution < -0.4 is 9.80 Å². The predicted molar refractivity (Wildman–Crippen MR) is 296 cm³/mol. The third-order valence-electron chi connectivity index (χ3n) is 14.0. The lowest BCUT2D eigenvalue weighted by Gasteiger charge is -2.48. The molecule has 1 aliphatic carbocycles. The summed E-state index contributed by atoms with van der Waals surface area (Å²) in [6, 6.07) is 102. The molecule has 2 atom stereocenters. The Hall–Kier alpha value is -8.72. The number of anilines is 6. The maximum Gasteiger partial charge on any atom is 0.0566 e. The van der Waals surface area contributed by atoms with Gasteiger partial charge in [0.15, 0.2) is 0 Å². The number of rotatable bonds is 12. The van der Waals surface area contributed by atoms with E-state index in [9.17, 15) is 0 Å². The van der Waals surface area contributed by atoms with E-state index in [-0.39, 0.29) is 5.92 Å². The SMILES string of the molecule is Cc1ccccc1N(c1ccccc1)c1ccc(C2=CC(c3ccccc3)C(c3ccccc3)(c3ccc(N(c4ccccc4)c4ccccc4C)cc3)C(c3ccccc3)=C2c2ccccc2)cc1. The third kappa shape index (κ3) is 8.14. The number of nitrogens with zero attached hydrogens (tertiary/aromatic N) is 2. The minimum atomic E-state index is -0.702. The molecule has 0 heterocycles. The van der Waals surface area contributed by atoms with Crippen molar-refractivity contribution in [2.75, 3.05) is 9.80 Å². The molecular formula is C68H54N2. The lowest BCUT2D eigenvalue weighted by atomic mass is 9.54. The van der Waals surface area contributed by atoms with Crippen LogP contribution in [-0.4, -0.2) is 0 Å². The van der Waals surface area contributed by atoms with Gasteiger partial charge in [0.25, 0.3) is 0 Å². The molecule has 0 saturated carbocycles. The zero-order chi connectivity index (χ0) is 47.3. The number of hydrogen-bond acceptors (Lipinski definition) is 2. The Morgan fingerprint density at radius 2 is 0.686 bits per heavy atom. The summed E-state index contributed by atoms with van der Waals surface area (Å²) in [6.45, 7) is 4.38. The first kappa shape index (κ1) is 43.8. The molecule has 0 spiro atoms. The highest BCUT2D eigenvalue weighted by Gasteiger charge is 2.50. The number of aryl methyl sites for hydroxylation is 2. The zero-order valence-corrected chi connectivity index (χ0v) is 39.6. The van der Waals surface area contributed by atoms with Gasteiger partial charge in [0.2, 0.25) is 0 Å². The van der Waals surface area contributed by atoms with Crippen LogP contribution in [0.1, 0.15) is 50.4 Å². The molecular weight excluding hydrogens is 845 g/mol. The third-order valence-corrected chi connectivity index (χ3v) is 14.0. The van der Waals surface area contributed by atoms with E-state index in [1.807, 2.05) is 0 Å². The standard InChI is InChI=1S/C68H54N2/c1-50-25-21-23-39-64(50)69(58-35-17-7-18-36-58)60-45-41-52(42-46-60)62-49-63(53-27-9-3-10-28-53)68(56-33-15-6-16-34-56,67(55-31-13-5-14-32-55)66(62)54-29-11-4-12-30-54)57-43-47-61(48-44-57)70(59-37-19-8-20-38-59)65-40-24-22-26-51(65)2/h3-49,63H,1-2H3. The summed E-state index contributed by atoms with van der Waals surface area (Å²) in [5.74, 6) is -0.131. The summed E-state index contributed by atoms with van der Waals surface area (Å²) in [4.78, 5) is 4.75. The molecule has 10 aromatic rings. The van der Waals surface area contributed by atoms with Crippen LogP contribution >= 0.6 is 0 Å². The molecule has 10 aromatic carbocycles. The quantitative estimate of drug-likeness (QED) is 0.121. The minimum Gasteiger partial charge on any atom is -0.310 e. The van der Waals surface area contributed by atoms with Crippen LogP contribution in [0.5, 0.6) is 0 Å². The van der Waals surface area contributed by atoms with Gasteiger partial charge in [0.05, 0.1) is 5.41 Å². The van der Waals surface area contributed by atoms with E-state index in [0.29, 0.717) is 0 Å². The van der Waals surface area contributed by atoms with Crippen molar-refractivity contribution >= 4 is 50.8 Å². The van der Waals surface area contributed by atoms with Gasteiger partial charge in [-0.2, -0.15) is 0 Å². The topological polar surface area (TPSA) is 6.48 Å². The second-order valence-corrected chi connectivity index (χ2v) is 18.1. The highest BCUT2D eigenvalue weighted by Crippen LogP contribution is 2.62. The minimum absolute atomic E-state index is 0.131. The van der Waals surface area contributed by atoms with Gasteiger partial charge < -0.3 is 9.80 Å². The van der Waals surface area contributed by atoms with E-state index in [1.165, 1.54) is 55.7 Å². The van der Waals surface area contributed by atoms with E-state index < -0.39 is 5.41 Å². The van der Waals surface area contributed by atoms with Crippen LogP contribution in [0, 0.1) is 13.8 Å². The molecule has 70 heavy (non-hydrogen) atoms. The smallest absolute Gasteiger partial charge is 0.0566 e. The van der Waals surface area contributed by atoms with Crippen molar-refractivity contribution in [3.8, 4) is 0 Å². The molecule has 2 unspecified atom stereocenters. The number of allylic oxidation sites excluding steroid dienone is 4. The molecule has 0 amide bonds. The Kier molecular flexibility index (Phi) is 12.2. The molecule has 2 nitrogen and oxygen atoms in total. The van der Waals surface area contributed by atoms with E-state index >= 15 is 0 Å². The molecule has 0 N–H and O–H groups in total. The van der Waals surface area contributed by atoms with Crippen molar-refractivity contribution in [1.82, 2.24) is 0 Å². The van der Waals surface area contributed by atoms with Crippen LogP contribution in [0.25, 0.3) is 16.7 Å². The second kappa shape index (κ2) is 19.5. The maximum atomic E-state index is 2.58. The molecule has 336 valence electrons. The van der Waals surface area contributed by atoms with Crippen molar-refractivity contribution in [3.05, 3.63) is 330 Å². The molecule has 0 bridgehead atoms. The van der Waals surface area contributed by atoms with Crippen LogP contribution in [0.2, 0.25) is 0 Å². The van der Waals surface area contributed by atoms with Gasteiger partial charge in [-0.25, -0.2) is 0 Å². The lowest BCUT2D eigenvalue weighted by molar-refractivity contribution is 0.587. The Bertz CT molecular complexity index is 3400. The average Bonchev–Trinajstić information content (AvgIpc) is 3.43. The first-order valence-corrected chi connectivity index (χ1v) is 24.3. The fourth-order valence-corrected chi connectivity index (χ4v) is 10.8. The fourth-order valence-electron chi connectivity index (χ4n) is 10.8. The molecule has 1 aliphatic rings. The Morgan fingerprint density at radius 1 is 0.314 bits per heavy atom.